The monoisotopic (exact) mass is 263 g/mol. The van der Waals surface area contributed by atoms with Gasteiger partial charge in [-0.05, 0) is 25.6 Å². The van der Waals surface area contributed by atoms with E-state index in [9.17, 15) is 4.79 Å². The van der Waals surface area contributed by atoms with Gasteiger partial charge in [0.1, 0.15) is 0 Å². The van der Waals surface area contributed by atoms with Crippen molar-refractivity contribution in [3.8, 4) is 0 Å². The van der Waals surface area contributed by atoms with Gasteiger partial charge < -0.3 is 10.6 Å². The lowest BCUT2D eigenvalue weighted by molar-refractivity contribution is -0.119. The van der Waals surface area contributed by atoms with E-state index < -0.39 is 0 Å². The molecule has 5 heteroatoms. The molecule has 1 heterocycles. The summed E-state index contributed by atoms with van der Waals surface area (Å²) in [5, 5.41) is 6.54. The third-order valence-corrected chi connectivity index (χ3v) is 3.74. The molecule has 2 rings (SSSR count). The van der Waals surface area contributed by atoms with Crippen molar-refractivity contribution in [3.63, 3.8) is 0 Å². The number of carbonyl (C=O) groups excluding carboxylic acids is 1. The van der Waals surface area contributed by atoms with Gasteiger partial charge in [0.05, 0.1) is 10.2 Å². The first kappa shape index (κ1) is 13.0. The van der Waals surface area contributed by atoms with Crippen LogP contribution in [0.25, 0.3) is 10.2 Å². The predicted octanol–water partition coefficient (Wildman–Crippen LogP) is 2.40. The number of benzene rings is 1. The van der Waals surface area contributed by atoms with Gasteiger partial charge in [0.2, 0.25) is 5.91 Å². The lowest BCUT2D eigenvalue weighted by Gasteiger charge is -2.08. The molecular weight excluding hydrogens is 246 g/mol. The molecule has 2 aromatic rings. The molecule has 0 bridgehead atoms. The number of thiazole rings is 1. The van der Waals surface area contributed by atoms with E-state index >= 15 is 0 Å². The number of nitrogens with zero attached hydrogens (tertiary/aromatic N) is 1. The molecule has 1 atom stereocenters. The second-order valence-corrected chi connectivity index (χ2v) is 5.42. The lowest BCUT2D eigenvalue weighted by Crippen LogP contribution is -2.28. The molecule has 1 aromatic heterocycles. The molecule has 0 spiro atoms. The SMILES string of the molecule is CNCC(C)C(=O)Nc1nc2c(C)cccc2s1. The highest BCUT2D eigenvalue weighted by Crippen LogP contribution is 2.28. The van der Waals surface area contributed by atoms with Crippen LogP contribution < -0.4 is 10.6 Å². The van der Waals surface area contributed by atoms with Crippen molar-refractivity contribution in [2.45, 2.75) is 13.8 Å². The van der Waals surface area contributed by atoms with E-state index in [0.29, 0.717) is 11.7 Å². The van der Waals surface area contributed by atoms with E-state index in [2.05, 4.69) is 15.6 Å². The summed E-state index contributed by atoms with van der Waals surface area (Å²) in [4.78, 5) is 16.3. The van der Waals surface area contributed by atoms with Gasteiger partial charge >= 0.3 is 0 Å². The molecule has 2 N–H and O–H groups in total. The summed E-state index contributed by atoms with van der Waals surface area (Å²) in [5.74, 6) is -0.0656. The number of fused-ring (bicyclic) bond motifs is 1. The van der Waals surface area contributed by atoms with E-state index in [4.69, 9.17) is 0 Å². The molecular formula is C13H17N3OS. The Hall–Kier alpha value is -1.46. The van der Waals surface area contributed by atoms with Crippen LogP contribution in [0.5, 0.6) is 0 Å². The predicted molar refractivity (Wildman–Crippen MR) is 76.1 cm³/mol. The molecule has 0 saturated heterocycles. The normalized spacial score (nSPS) is 12.6. The summed E-state index contributed by atoms with van der Waals surface area (Å²) in [5.41, 5.74) is 2.10. The fraction of sp³-hybridized carbons (Fsp3) is 0.385. The van der Waals surface area contributed by atoms with Gasteiger partial charge in [0.25, 0.3) is 0 Å². The Balaban J connectivity index is 2.17. The smallest absolute Gasteiger partial charge is 0.230 e. The number of hydrogen-bond acceptors (Lipinski definition) is 4. The summed E-state index contributed by atoms with van der Waals surface area (Å²) in [7, 11) is 1.84. The molecule has 0 fully saturated rings. The first-order valence-electron chi connectivity index (χ1n) is 5.93. The maximum atomic E-state index is 11.9. The first-order chi connectivity index (χ1) is 8.61. The fourth-order valence-electron chi connectivity index (χ4n) is 1.77. The number of para-hydroxylation sites is 1. The van der Waals surface area contributed by atoms with Crippen LogP contribution in [0.3, 0.4) is 0 Å². The van der Waals surface area contributed by atoms with Gasteiger partial charge in [-0.3, -0.25) is 4.79 Å². The highest BCUT2D eigenvalue weighted by molar-refractivity contribution is 7.22. The van der Waals surface area contributed by atoms with Crippen LogP contribution in [0.2, 0.25) is 0 Å². The molecule has 0 aliphatic rings. The van der Waals surface area contributed by atoms with Crippen molar-refractivity contribution in [1.29, 1.82) is 0 Å². The van der Waals surface area contributed by atoms with E-state index in [1.807, 2.05) is 39.1 Å². The van der Waals surface area contributed by atoms with Crippen LogP contribution in [-0.4, -0.2) is 24.5 Å². The number of rotatable bonds is 4. The van der Waals surface area contributed by atoms with E-state index in [1.54, 1.807) is 0 Å². The van der Waals surface area contributed by atoms with Crippen LogP contribution in [0.15, 0.2) is 18.2 Å². The third kappa shape index (κ3) is 2.68. The summed E-state index contributed by atoms with van der Waals surface area (Å²) in [6.45, 7) is 4.58. The number of aryl methyl sites for hydroxylation is 1. The van der Waals surface area contributed by atoms with Crippen LogP contribution in [0.4, 0.5) is 5.13 Å². The highest BCUT2D eigenvalue weighted by atomic mass is 32.1. The number of hydrogen-bond donors (Lipinski definition) is 2. The van der Waals surface area contributed by atoms with E-state index in [-0.39, 0.29) is 11.8 Å². The van der Waals surface area contributed by atoms with Crippen molar-refractivity contribution < 1.29 is 4.79 Å². The van der Waals surface area contributed by atoms with Gasteiger partial charge in [-0.25, -0.2) is 4.98 Å². The highest BCUT2D eigenvalue weighted by Gasteiger charge is 2.14. The maximum Gasteiger partial charge on any atom is 0.230 e. The zero-order valence-electron chi connectivity index (χ0n) is 10.8. The molecule has 96 valence electrons. The van der Waals surface area contributed by atoms with Crippen LogP contribution in [0, 0.1) is 12.8 Å². The summed E-state index contributed by atoms with van der Waals surface area (Å²) in [6.07, 6.45) is 0. The van der Waals surface area contributed by atoms with Crippen molar-refractivity contribution in [3.05, 3.63) is 23.8 Å². The average Bonchev–Trinajstić information content (AvgIpc) is 2.73. The number of carbonyl (C=O) groups is 1. The second kappa shape index (κ2) is 5.46. The van der Waals surface area contributed by atoms with Crippen molar-refractivity contribution in [2.75, 3.05) is 18.9 Å². The van der Waals surface area contributed by atoms with Crippen LogP contribution in [0.1, 0.15) is 12.5 Å². The maximum absolute atomic E-state index is 11.9. The minimum absolute atomic E-state index is 0.000981. The van der Waals surface area contributed by atoms with Gasteiger partial charge in [-0.1, -0.05) is 30.4 Å². The standard InChI is InChI=1S/C13H17N3OS/c1-8-5-4-6-10-11(8)15-13(18-10)16-12(17)9(2)7-14-3/h4-6,9,14H,7H2,1-3H3,(H,15,16,17). The zero-order chi connectivity index (χ0) is 13.1. The number of anilines is 1. The second-order valence-electron chi connectivity index (χ2n) is 4.39. The largest absolute Gasteiger partial charge is 0.319 e. The van der Waals surface area contributed by atoms with Gasteiger partial charge in [-0.2, -0.15) is 0 Å². The Morgan fingerprint density at radius 2 is 2.28 bits per heavy atom. The first-order valence-corrected chi connectivity index (χ1v) is 6.75. The molecule has 1 unspecified atom stereocenters. The van der Waals surface area contributed by atoms with Crippen LogP contribution in [-0.2, 0) is 4.79 Å². The topological polar surface area (TPSA) is 54.0 Å². The van der Waals surface area contributed by atoms with E-state index in [1.165, 1.54) is 11.3 Å². The molecule has 0 aliphatic heterocycles. The summed E-state index contributed by atoms with van der Waals surface area (Å²) in [6, 6.07) is 6.05. The Morgan fingerprint density at radius 1 is 1.50 bits per heavy atom. The Morgan fingerprint density at radius 3 is 2.94 bits per heavy atom. The molecule has 18 heavy (non-hydrogen) atoms. The lowest BCUT2D eigenvalue weighted by atomic mass is 10.2. The summed E-state index contributed by atoms with van der Waals surface area (Å²) < 4.78 is 1.10. The Kier molecular flexibility index (Phi) is 3.93. The Bertz CT molecular complexity index is 564. The number of amides is 1. The number of aromatic nitrogens is 1. The zero-order valence-corrected chi connectivity index (χ0v) is 11.6. The fourth-order valence-corrected chi connectivity index (χ4v) is 2.71. The quantitative estimate of drug-likeness (QED) is 0.890. The minimum atomic E-state index is -0.0666. The molecule has 0 aliphatic carbocycles. The average molecular weight is 263 g/mol. The van der Waals surface area contributed by atoms with Crippen molar-refractivity contribution in [2.24, 2.45) is 5.92 Å². The van der Waals surface area contributed by atoms with Crippen molar-refractivity contribution in [1.82, 2.24) is 10.3 Å². The Labute approximate surface area is 110 Å². The van der Waals surface area contributed by atoms with Gasteiger partial charge in [0.15, 0.2) is 5.13 Å². The molecule has 1 aromatic carbocycles. The summed E-state index contributed by atoms with van der Waals surface area (Å²) >= 11 is 1.51. The minimum Gasteiger partial charge on any atom is -0.319 e. The van der Waals surface area contributed by atoms with Gasteiger partial charge in [-0.15, -0.1) is 0 Å². The molecule has 0 saturated carbocycles. The molecule has 4 nitrogen and oxygen atoms in total. The van der Waals surface area contributed by atoms with E-state index in [0.717, 1.165) is 15.8 Å². The number of nitrogens with one attached hydrogen (secondary N) is 2. The van der Waals surface area contributed by atoms with Crippen molar-refractivity contribution >= 4 is 32.6 Å². The molecule has 1 amide bonds. The molecule has 0 radical (unpaired) electrons. The van der Waals surface area contributed by atoms with Crippen LogP contribution >= 0.6 is 11.3 Å². The van der Waals surface area contributed by atoms with Gasteiger partial charge in [0, 0.05) is 12.5 Å². The third-order valence-electron chi connectivity index (χ3n) is 2.81.